The first-order chi connectivity index (χ1) is 19.5. The van der Waals surface area contributed by atoms with Gasteiger partial charge in [0.05, 0.1) is 6.61 Å². The number of likely N-dealkylation sites (tertiary alicyclic amines) is 1. The Hall–Kier alpha value is -2.01. The number of carbonyl (C=O) groups excluding carboxylic acids is 1. The van der Waals surface area contributed by atoms with Crippen molar-refractivity contribution in [1.29, 1.82) is 0 Å². The van der Waals surface area contributed by atoms with E-state index in [1.807, 2.05) is 7.11 Å². The van der Waals surface area contributed by atoms with Crippen molar-refractivity contribution in [3.05, 3.63) is 70.8 Å². The first kappa shape index (κ1) is 35.2. The summed E-state index contributed by atoms with van der Waals surface area (Å²) in [6.07, 6.45) is 11.0. The predicted molar refractivity (Wildman–Crippen MR) is 174 cm³/mol. The van der Waals surface area contributed by atoms with Crippen LogP contribution in [0.1, 0.15) is 101 Å². The van der Waals surface area contributed by atoms with Crippen LogP contribution in [0.25, 0.3) is 0 Å². The van der Waals surface area contributed by atoms with Crippen molar-refractivity contribution in [3.63, 3.8) is 0 Å². The SMILES string of the molecule is COCC1CCCC1.COC[C@@H]1CCCN1CCC(C)(C)c1ccc(C)cc1.Cc1ccc(C(C)(C)CC=O)cc1. The van der Waals surface area contributed by atoms with Gasteiger partial charge in [0.25, 0.3) is 0 Å². The van der Waals surface area contributed by atoms with Crippen molar-refractivity contribution in [2.75, 3.05) is 40.5 Å². The molecule has 0 amide bonds. The second-order valence-electron chi connectivity index (χ2n) is 13.5. The number of carbonyl (C=O) groups is 1. The van der Waals surface area contributed by atoms with Gasteiger partial charge in [-0.05, 0) is 86.9 Å². The molecule has 1 aliphatic heterocycles. The van der Waals surface area contributed by atoms with E-state index in [1.54, 1.807) is 7.11 Å². The van der Waals surface area contributed by atoms with E-state index in [0.717, 1.165) is 25.4 Å². The highest BCUT2D eigenvalue weighted by Gasteiger charge is 2.27. The van der Waals surface area contributed by atoms with Crippen molar-refractivity contribution in [3.8, 4) is 0 Å². The lowest BCUT2D eigenvalue weighted by Gasteiger charge is -2.30. The molecule has 0 unspecified atom stereocenters. The number of benzene rings is 2. The zero-order valence-corrected chi connectivity index (χ0v) is 27.5. The molecule has 0 spiro atoms. The lowest BCUT2D eigenvalue weighted by atomic mass is 9.81. The fourth-order valence-electron chi connectivity index (χ4n) is 5.89. The third kappa shape index (κ3) is 12.4. The first-order valence-corrected chi connectivity index (χ1v) is 15.8. The van der Waals surface area contributed by atoms with Crippen LogP contribution in [0, 0.1) is 19.8 Å². The van der Waals surface area contributed by atoms with Crippen LogP contribution < -0.4 is 0 Å². The third-order valence-corrected chi connectivity index (χ3v) is 9.02. The zero-order chi connectivity index (χ0) is 30.3. The summed E-state index contributed by atoms with van der Waals surface area (Å²) in [5.74, 6) is 0.889. The average molecular weight is 566 g/mol. The number of aldehydes is 1. The minimum absolute atomic E-state index is 0.0323. The van der Waals surface area contributed by atoms with Gasteiger partial charge < -0.3 is 14.3 Å². The Morgan fingerprint density at radius 2 is 1.27 bits per heavy atom. The van der Waals surface area contributed by atoms with E-state index in [9.17, 15) is 4.79 Å². The molecule has 4 heteroatoms. The van der Waals surface area contributed by atoms with Gasteiger partial charge in [-0.1, -0.05) is 100 Å². The van der Waals surface area contributed by atoms with Crippen LogP contribution in [-0.2, 0) is 25.1 Å². The Labute approximate surface area is 252 Å². The van der Waals surface area contributed by atoms with E-state index in [1.165, 1.54) is 80.3 Å². The van der Waals surface area contributed by atoms with Gasteiger partial charge in [0.1, 0.15) is 6.29 Å². The number of methoxy groups -OCH3 is 2. The molecule has 1 atom stereocenters. The summed E-state index contributed by atoms with van der Waals surface area (Å²) in [7, 11) is 3.60. The Balaban J connectivity index is 0.000000239. The molecular weight excluding hydrogens is 506 g/mol. The van der Waals surface area contributed by atoms with Gasteiger partial charge >= 0.3 is 0 Å². The van der Waals surface area contributed by atoms with Crippen LogP contribution in [0.2, 0.25) is 0 Å². The highest BCUT2D eigenvalue weighted by Crippen LogP contribution is 2.29. The zero-order valence-electron chi connectivity index (χ0n) is 27.5. The van der Waals surface area contributed by atoms with Gasteiger partial charge in [0.2, 0.25) is 0 Å². The van der Waals surface area contributed by atoms with Gasteiger partial charge in [-0.2, -0.15) is 0 Å². The van der Waals surface area contributed by atoms with Crippen LogP contribution >= 0.6 is 0 Å². The largest absolute Gasteiger partial charge is 0.384 e. The minimum Gasteiger partial charge on any atom is -0.384 e. The molecule has 0 radical (unpaired) electrons. The van der Waals surface area contributed by atoms with Gasteiger partial charge in [0, 0.05) is 33.3 Å². The summed E-state index contributed by atoms with van der Waals surface area (Å²) in [6, 6.07) is 18.0. The van der Waals surface area contributed by atoms with Crippen LogP contribution in [0.15, 0.2) is 48.5 Å². The molecule has 41 heavy (non-hydrogen) atoms. The van der Waals surface area contributed by atoms with Crippen molar-refractivity contribution in [1.82, 2.24) is 4.90 Å². The molecule has 230 valence electrons. The standard InChI is InChI=1S/C18H29NO.C12H16O.C7H14O/c1-15-7-9-16(10-8-15)18(2,3)11-13-19-12-5-6-17(19)14-20-4;1-10-4-6-11(7-5-10)12(2,3)8-9-13;1-8-6-7-4-2-3-5-7/h7-10,17H,5-6,11-14H2,1-4H3;4-7,9H,8H2,1-3H3;7H,2-6H2,1H3/t17-;;/m0../s1. The maximum absolute atomic E-state index is 10.5. The summed E-state index contributed by atoms with van der Waals surface area (Å²) >= 11 is 0. The van der Waals surface area contributed by atoms with Crippen LogP contribution in [0.5, 0.6) is 0 Å². The van der Waals surface area contributed by atoms with Gasteiger partial charge in [0.15, 0.2) is 0 Å². The number of nitrogens with zero attached hydrogens (tertiary/aromatic N) is 1. The molecule has 2 fully saturated rings. The number of hydrogen-bond donors (Lipinski definition) is 0. The maximum atomic E-state index is 10.5. The number of aryl methyl sites for hydroxylation is 2. The molecule has 2 aromatic rings. The fraction of sp³-hybridized carbons (Fsp3) is 0.649. The summed E-state index contributed by atoms with van der Waals surface area (Å²) in [5, 5.41) is 0. The molecule has 1 aliphatic carbocycles. The predicted octanol–water partition coefficient (Wildman–Crippen LogP) is 8.46. The fourth-order valence-corrected chi connectivity index (χ4v) is 5.89. The highest BCUT2D eigenvalue weighted by atomic mass is 16.5. The summed E-state index contributed by atoms with van der Waals surface area (Å²) < 4.78 is 10.4. The minimum atomic E-state index is -0.0323. The third-order valence-electron chi connectivity index (χ3n) is 9.02. The number of rotatable bonds is 11. The van der Waals surface area contributed by atoms with Gasteiger partial charge in [-0.15, -0.1) is 0 Å². The molecule has 0 aromatic heterocycles. The topological polar surface area (TPSA) is 38.8 Å². The van der Waals surface area contributed by atoms with Crippen LogP contribution in [0.4, 0.5) is 0 Å². The Morgan fingerprint density at radius 3 is 1.76 bits per heavy atom. The molecular formula is C37H59NO3. The summed E-state index contributed by atoms with van der Waals surface area (Å²) in [6.45, 7) is 17.4. The molecule has 0 bridgehead atoms. The van der Waals surface area contributed by atoms with Gasteiger partial charge in [-0.25, -0.2) is 0 Å². The second-order valence-corrected chi connectivity index (χ2v) is 13.5. The van der Waals surface area contributed by atoms with Crippen LogP contribution in [0.3, 0.4) is 0 Å². The van der Waals surface area contributed by atoms with Crippen molar-refractivity contribution < 1.29 is 14.3 Å². The molecule has 4 nitrogen and oxygen atoms in total. The van der Waals surface area contributed by atoms with Crippen molar-refractivity contribution in [2.24, 2.45) is 5.92 Å². The maximum Gasteiger partial charge on any atom is 0.120 e. The Bertz CT molecular complexity index is 974. The molecule has 0 N–H and O–H groups in total. The smallest absolute Gasteiger partial charge is 0.120 e. The molecule has 1 saturated carbocycles. The number of hydrogen-bond acceptors (Lipinski definition) is 4. The molecule has 1 saturated heterocycles. The number of ether oxygens (including phenoxy) is 2. The normalized spacial score (nSPS) is 17.9. The molecule has 1 heterocycles. The summed E-state index contributed by atoms with van der Waals surface area (Å²) in [5.41, 5.74) is 5.48. The Morgan fingerprint density at radius 1 is 0.756 bits per heavy atom. The molecule has 4 rings (SSSR count). The van der Waals surface area contributed by atoms with Crippen molar-refractivity contribution >= 4 is 6.29 Å². The Kier molecular flexibility index (Phi) is 15.3. The van der Waals surface area contributed by atoms with E-state index in [-0.39, 0.29) is 10.8 Å². The van der Waals surface area contributed by atoms with Gasteiger partial charge in [-0.3, -0.25) is 4.90 Å². The molecule has 2 aromatic carbocycles. The second kappa shape index (κ2) is 17.8. The lowest BCUT2D eigenvalue weighted by molar-refractivity contribution is -0.108. The summed E-state index contributed by atoms with van der Waals surface area (Å²) in [4.78, 5) is 13.1. The van der Waals surface area contributed by atoms with Crippen molar-refractivity contribution in [2.45, 2.75) is 110 Å². The lowest BCUT2D eigenvalue weighted by Crippen LogP contribution is -2.36. The van der Waals surface area contributed by atoms with E-state index < -0.39 is 0 Å². The van der Waals surface area contributed by atoms with E-state index in [2.05, 4.69) is 95.0 Å². The monoisotopic (exact) mass is 565 g/mol. The first-order valence-electron chi connectivity index (χ1n) is 15.8. The highest BCUT2D eigenvalue weighted by molar-refractivity contribution is 5.53. The van der Waals surface area contributed by atoms with E-state index >= 15 is 0 Å². The average Bonchev–Trinajstić information content (AvgIpc) is 3.62. The van der Waals surface area contributed by atoms with E-state index in [4.69, 9.17) is 9.47 Å². The van der Waals surface area contributed by atoms with Crippen LogP contribution in [-0.4, -0.2) is 57.8 Å². The quantitative estimate of drug-likeness (QED) is 0.256. The van der Waals surface area contributed by atoms with E-state index in [0.29, 0.717) is 12.5 Å². The molecule has 2 aliphatic rings.